The molecular weight excluding hydrogens is 133 g/mol. The first kappa shape index (κ1) is 8.70. The molecule has 1 aliphatic heterocycles. The summed E-state index contributed by atoms with van der Waals surface area (Å²) in [5, 5.41) is 0. The van der Waals surface area contributed by atoms with Crippen molar-refractivity contribution in [3.05, 3.63) is 12.2 Å². The lowest BCUT2D eigenvalue weighted by atomic mass is 9.65. The Kier molecular flexibility index (Phi) is 2.31. The molecule has 0 saturated carbocycles. The quantitative estimate of drug-likeness (QED) is 0.517. The van der Waals surface area contributed by atoms with Gasteiger partial charge in [0.1, 0.15) is 0 Å². The van der Waals surface area contributed by atoms with Crippen molar-refractivity contribution in [1.82, 2.24) is 4.90 Å². The van der Waals surface area contributed by atoms with Gasteiger partial charge < -0.3 is 4.90 Å². The molecule has 0 aromatic heterocycles. The van der Waals surface area contributed by atoms with Crippen molar-refractivity contribution in [1.29, 1.82) is 0 Å². The molecule has 2 atom stereocenters. The van der Waals surface area contributed by atoms with E-state index >= 15 is 0 Å². The molecule has 0 aromatic rings. The van der Waals surface area contributed by atoms with Gasteiger partial charge in [-0.3, -0.25) is 0 Å². The van der Waals surface area contributed by atoms with Gasteiger partial charge in [-0.15, -0.1) is 0 Å². The Morgan fingerprint density at radius 2 is 2.00 bits per heavy atom. The summed E-state index contributed by atoms with van der Waals surface area (Å²) in [6.45, 7) is 13.0. The van der Waals surface area contributed by atoms with Gasteiger partial charge in [0.15, 0.2) is 7.28 Å². The van der Waals surface area contributed by atoms with E-state index in [1.807, 2.05) is 0 Å². The third-order valence-electron chi connectivity index (χ3n) is 2.54. The van der Waals surface area contributed by atoms with E-state index in [0.717, 1.165) is 0 Å². The molecular formula is C9H17BN. The van der Waals surface area contributed by atoms with E-state index in [1.165, 1.54) is 5.60 Å². The summed E-state index contributed by atoms with van der Waals surface area (Å²) < 4.78 is 0. The van der Waals surface area contributed by atoms with E-state index in [-0.39, 0.29) is 0 Å². The predicted octanol–water partition coefficient (Wildman–Crippen LogP) is 2.08. The third-order valence-corrected chi connectivity index (χ3v) is 2.54. The minimum atomic E-state index is 0.582. The minimum Gasteiger partial charge on any atom is -0.379 e. The van der Waals surface area contributed by atoms with Crippen LogP contribution >= 0.6 is 0 Å². The van der Waals surface area contributed by atoms with Crippen LogP contribution in [0.5, 0.6) is 0 Å². The van der Waals surface area contributed by atoms with Crippen LogP contribution in [0.15, 0.2) is 12.2 Å². The molecule has 1 fully saturated rings. The van der Waals surface area contributed by atoms with Crippen LogP contribution in [0.4, 0.5) is 0 Å². The highest BCUT2D eigenvalue weighted by Gasteiger charge is 2.31. The van der Waals surface area contributed by atoms with Crippen LogP contribution < -0.4 is 0 Å². The van der Waals surface area contributed by atoms with Gasteiger partial charge in [0.2, 0.25) is 0 Å². The highest BCUT2D eigenvalue weighted by molar-refractivity contribution is 6.48. The molecule has 0 aromatic carbocycles. The van der Waals surface area contributed by atoms with Gasteiger partial charge in [0.25, 0.3) is 0 Å². The average Bonchev–Trinajstić information content (AvgIpc) is 2.07. The summed E-state index contributed by atoms with van der Waals surface area (Å²) in [7, 11) is 2.25. The summed E-state index contributed by atoms with van der Waals surface area (Å²) in [6, 6.07) is 1.21. The van der Waals surface area contributed by atoms with Crippen molar-refractivity contribution in [3.8, 4) is 0 Å². The molecule has 0 spiro atoms. The highest BCUT2D eigenvalue weighted by atomic mass is 15.2. The molecule has 2 heteroatoms. The first-order valence-electron chi connectivity index (χ1n) is 4.36. The molecule has 1 heterocycles. The van der Waals surface area contributed by atoms with Crippen LogP contribution in [-0.2, 0) is 0 Å². The Hall–Kier alpha value is -0.395. The van der Waals surface area contributed by atoms with Crippen molar-refractivity contribution in [2.75, 3.05) is 0 Å². The van der Waals surface area contributed by atoms with Crippen molar-refractivity contribution in [2.45, 2.75) is 45.6 Å². The molecule has 0 N–H and O–H groups in total. The van der Waals surface area contributed by atoms with Crippen molar-refractivity contribution in [2.24, 2.45) is 0 Å². The van der Waals surface area contributed by atoms with Gasteiger partial charge >= 0.3 is 0 Å². The monoisotopic (exact) mass is 150 g/mol. The molecule has 61 valence electrons. The molecule has 0 amide bonds. The van der Waals surface area contributed by atoms with Gasteiger partial charge in [0.05, 0.1) is 0 Å². The minimum absolute atomic E-state index is 0.582. The summed E-state index contributed by atoms with van der Waals surface area (Å²) in [5.41, 5.74) is 1.19. The van der Waals surface area contributed by atoms with Gasteiger partial charge in [-0.1, -0.05) is 13.5 Å². The summed E-state index contributed by atoms with van der Waals surface area (Å²) in [6.07, 6.45) is 0. The number of rotatable bonds is 1. The van der Waals surface area contributed by atoms with Crippen LogP contribution in [-0.4, -0.2) is 24.3 Å². The number of hydrogen-bond acceptors (Lipinski definition) is 1. The van der Waals surface area contributed by atoms with E-state index in [9.17, 15) is 0 Å². The maximum Gasteiger partial charge on any atom is 0.178 e. The van der Waals surface area contributed by atoms with E-state index in [4.69, 9.17) is 0 Å². The molecule has 11 heavy (non-hydrogen) atoms. The van der Waals surface area contributed by atoms with Crippen LogP contribution in [0.1, 0.15) is 27.7 Å². The Bertz CT molecular complexity index is 165. The molecule has 0 aliphatic carbocycles. The summed E-state index contributed by atoms with van der Waals surface area (Å²) in [5.74, 6) is 0.657. The van der Waals surface area contributed by atoms with Gasteiger partial charge in [-0.2, -0.15) is 0 Å². The summed E-state index contributed by atoms with van der Waals surface area (Å²) >= 11 is 0. The third kappa shape index (κ3) is 1.45. The maximum atomic E-state index is 4.03. The number of nitrogens with zero attached hydrogens (tertiary/aromatic N) is 1. The van der Waals surface area contributed by atoms with Crippen LogP contribution in [0.25, 0.3) is 0 Å². The molecule has 1 rings (SSSR count). The molecule has 1 aliphatic rings. The lowest BCUT2D eigenvalue weighted by molar-refractivity contribution is 0.246. The molecule has 0 unspecified atom stereocenters. The van der Waals surface area contributed by atoms with Crippen molar-refractivity contribution < 1.29 is 0 Å². The Morgan fingerprint density at radius 1 is 1.45 bits per heavy atom. The first-order chi connectivity index (χ1) is 5.04. The Balaban J connectivity index is 2.71. The zero-order valence-corrected chi connectivity index (χ0v) is 7.96. The molecule has 1 radical (unpaired) electrons. The fourth-order valence-corrected chi connectivity index (χ4v) is 1.85. The standard InChI is InChI=1S/C9H17BN/c1-6(2)11-8(4)7(3)10-9(11)5/h6-8H,5H2,1-4H3/t7-,8+/m1/s1. The van der Waals surface area contributed by atoms with Crippen LogP contribution in [0.2, 0.25) is 5.82 Å². The molecule has 1 saturated heterocycles. The lowest BCUT2D eigenvalue weighted by Crippen LogP contribution is -2.32. The Labute approximate surface area is 70.7 Å². The highest BCUT2D eigenvalue weighted by Crippen LogP contribution is 2.30. The SMILES string of the molecule is C=C1[B][C@H](C)[C@H](C)N1C(C)C. The Morgan fingerprint density at radius 3 is 2.18 bits per heavy atom. The zero-order chi connectivity index (χ0) is 8.59. The van der Waals surface area contributed by atoms with Gasteiger partial charge in [-0.05, 0) is 32.2 Å². The number of hydrogen-bond donors (Lipinski definition) is 0. The molecule has 0 bridgehead atoms. The second kappa shape index (κ2) is 2.92. The topological polar surface area (TPSA) is 3.24 Å². The zero-order valence-electron chi connectivity index (χ0n) is 7.96. The van der Waals surface area contributed by atoms with E-state index in [1.54, 1.807) is 0 Å². The fourth-order valence-electron chi connectivity index (χ4n) is 1.85. The van der Waals surface area contributed by atoms with Crippen molar-refractivity contribution in [3.63, 3.8) is 0 Å². The van der Waals surface area contributed by atoms with E-state index in [2.05, 4.69) is 46.5 Å². The largest absolute Gasteiger partial charge is 0.379 e. The molecule has 1 nitrogen and oxygen atoms in total. The first-order valence-corrected chi connectivity index (χ1v) is 4.36. The lowest BCUT2D eigenvalue weighted by Gasteiger charge is -2.31. The van der Waals surface area contributed by atoms with E-state index < -0.39 is 0 Å². The van der Waals surface area contributed by atoms with Crippen molar-refractivity contribution >= 4 is 7.28 Å². The summed E-state index contributed by atoms with van der Waals surface area (Å²) in [4.78, 5) is 2.38. The normalized spacial score (nSPS) is 31.4. The van der Waals surface area contributed by atoms with Gasteiger partial charge in [-0.25, -0.2) is 0 Å². The smallest absolute Gasteiger partial charge is 0.178 e. The average molecular weight is 150 g/mol. The van der Waals surface area contributed by atoms with E-state index in [0.29, 0.717) is 17.9 Å². The van der Waals surface area contributed by atoms with Gasteiger partial charge in [0, 0.05) is 12.1 Å². The fraction of sp³-hybridized carbons (Fsp3) is 0.778. The van der Waals surface area contributed by atoms with Crippen LogP contribution in [0.3, 0.4) is 0 Å². The predicted molar refractivity (Wildman–Crippen MR) is 50.8 cm³/mol. The second-order valence-electron chi connectivity index (χ2n) is 3.76. The van der Waals surface area contributed by atoms with Crippen LogP contribution in [0, 0.1) is 0 Å². The maximum absolute atomic E-state index is 4.03. The second-order valence-corrected chi connectivity index (χ2v) is 3.76.